The molecule has 3 rings (SSSR count). The van der Waals surface area contributed by atoms with Crippen molar-refractivity contribution in [3.63, 3.8) is 0 Å². The lowest BCUT2D eigenvalue weighted by Gasteiger charge is -2.18. The van der Waals surface area contributed by atoms with E-state index in [0.717, 1.165) is 24.0 Å². The van der Waals surface area contributed by atoms with Crippen molar-refractivity contribution in [1.82, 2.24) is 0 Å². The minimum atomic E-state index is -0.369. The van der Waals surface area contributed by atoms with Crippen molar-refractivity contribution >= 4 is 0 Å². The number of benzene rings is 2. The Bertz CT molecular complexity index is 596. The lowest BCUT2D eigenvalue weighted by atomic mass is 9.92. The van der Waals surface area contributed by atoms with Gasteiger partial charge in [-0.05, 0) is 66.5 Å². The van der Waals surface area contributed by atoms with E-state index >= 15 is 0 Å². The Labute approximate surface area is 119 Å². The molecule has 1 unspecified atom stereocenters. The molecule has 0 saturated carbocycles. The Hall–Kier alpha value is -1.67. The van der Waals surface area contributed by atoms with E-state index in [1.165, 1.54) is 23.3 Å². The minimum Gasteiger partial charge on any atom is -0.392 e. The van der Waals surface area contributed by atoms with Crippen LogP contribution >= 0.6 is 0 Å². The average molecular weight is 270 g/mol. The van der Waals surface area contributed by atoms with Crippen LogP contribution in [0, 0.1) is 18.7 Å². The van der Waals surface area contributed by atoms with Gasteiger partial charge in [-0.25, -0.2) is 4.39 Å². The van der Waals surface area contributed by atoms with E-state index in [4.69, 9.17) is 0 Å². The number of halogens is 1. The van der Waals surface area contributed by atoms with Gasteiger partial charge in [-0.2, -0.15) is 0 Å². The van der Waals surface area contributed by atoms with Crippen molar-refractivity contribution in [1.29, 1.82) is 0 Å². The molecule has 0 heterocycles. The van der Waals surface area contributed by atoms with Crippen LogP contribution < -0.4 is 0 Å². The van der Waals surface area contributed by atoms with Crippen LogP contribution in [0.5, 0.6) is 0 Å². The van der Waals surface area contributed by atoms with Gasteiger partial charge in [0.15, 0.2) is 0 Å². The number of aliphatic hydroxyl groups excluding tert-OH is 1. The van der Waals surface area contributed by atoms with Gasteiger partial charge in [0, 0.05) is 0 Å². The van der Waals surface area contributed by atoms with Crippen LogP contribution in [0.3, 0.4) is 0 Å². The third kappa shape index (κ3) is 2.61. The molecule has 0 aromatic heterocycles. The first-order valence-corrected chi connectivity index (χ1v) is 7.13. The van der Waals surface area contributed by atoms with Gasteiger partial charge < -0.3 is 5.11 Å². The highest BCUT2D eigenvalue weighted by atomic mass is 19.1. The smallest absolute Gasteiger partial charge is 0.123 e. The molecule has 1 aliphatic rings. The number of fused-ring (bicyclic) bond motifs is 1. The zero-order chi connectivity index (χ0) is 14.1. The van der Waals surface area contributed by atoms with Crippen LogP contribution in [-0.4, -0.2) is 11.2 Å². The summed E-state index contributed by atoms with van der Waals surface area (Å²) >= 11 is 0. The quantitative estimate of drug-likeness (QED) is 0.905. The molecule has 1 N–H and O–H groups in total. The van der Waals surface area contributed by atoms with Crippen molar-refractivity contribution in [2.24, 2.45) is 5.92 Å². The molecular formula is C18H19FO. The Balaban J connectivity index is 1.70. The third-order valence-electron chi connectivity index (χ3n) is 4.36. The Morgan fingerprint density at radius 3 is 2.40 bits per heavy atom. The van der Waals surface area contributed by atoms with Crippen LogP contribution in [0.2, 0.25) is 0 Å². The third-order valence-corrected chi connectivity index (χ3v) is 4.36. The maximum atomic E-state index is 13.1. The number of aryl methyl sites for hydroxylation is 1. The standard InChI is InChI=1S/C18H19FO/c1-12-8-17(19)7-6-13(12)11-18(20)16-9-14-4-2-3-5-15(14)10-16/h2-8,16,18,20H,9-11H2,1H3. The topological polar surface area (TPSA) is 20.2 Å². The molecule has 2 aromatic carbocycles. The van der Waals surface area contributed by atoms with Crippen molar-refractivity contribution in [3.8, 4) is 0 Å². The first-order valence-electron chi connectivity index (χ1n) is 7.13. The molecular weight excluding hydrogens is 251 g/mol. The summed E-state index contributed by atoms with van der Waals surface area (Å²) in [6.07, 6.45) is 2.12. The van der Waals surface area contributed by atoms with E-state index in [0.29, 0.717) is 6.42 Å². The number of rotatable bonds is 3. The van der Waals surface area contributed by atoms with Crippen LogP contribution in [0.1, 0.15) is 22.3 Å². The van der Waals surface area contributed by atoms with E-state index < -0.39 is 0 Å². The fourth-order valence-electron chi connectivity index (χ4n) is 3.15. The lowest BCUT2D eigenvalue weighted by Crippen LogP contribution is -2.23. The molecule has 1 nitrogen and oxygen atoms in total. The number of aliphatic hydroxyl groups is 1. The van der Waals surface area contributed by atoms with Gasteiger partial charge in [0.05, 0.1) is 6.10 Å². The molecule has 0 saturated heterocycles. The molecule has 0 fully saturated rings. The molecule has 20 heavy (non-hydrogen) atoms. The summed E-state index contributed by atoms with van der Waals surface area (Å²) in [4.78, 5) is 0. The zero-order valence-electron chi connectivity index (χ0n) is 11.6. The van der Waals surface area contributed by atoms with Gasteiger partial charge in [-0.3, -0.25) is 0 Å². The summed E-state index contributed by atoms with van der Waals surface area (Å²) < 4.78 is 13.1. The van der Waals surface area contributed by atoms with Crippen LogP contribution in [0.15, 0.2) is 42.5 Å². The Morgan fingerprint density at radius 2 is 1.80 bits per heavy atom. The summed E-state index contributed by atoms with van der Waals surface area (Å²) in [5.74, 6) is 0.0610. The van der Waals surface area contributed by atoms with Crippen LogP contribution in [0.4, 0.5) is 4.39 Å². The molecule has 0 amide bonds. The SMILES string of the molecule is Cc1cc(F)ccc1CC(O)C1Cc2ccccc2C1. The largest absolute Gasteiger partial charge is 0.392 e. The number of hydrogen-bond acceptors (Lipinski definition) is 1. The van der Waals surface area contributed by atoms with Gasteiger partial charge in [-0.1, -0.05) is 30.3 Å². The van der Waals surface area contributed by atoms with Crippen molar-refractivity contribution in [2.75, 3.05) is 0 Å². The van der Waals surface area contributed by atoms with Crippen molar-refractivity contribution in [3.05, 3.63) is 70.5 Å². The van der Waals surface area contributed by atoms with E-state index in [9.17, 15) is 9.50 Å². The van der Waals surface area contributed by atoms with Crippen LogP contribution in [0.25, 0.3) is 0 Å². The molecule has 1 aliphatic carbocycles. The fourth-order valence-corrected chi connectivity index (χ4v) is 3.15. The van der Waals surface area contributed by atoms with E-state index in [-0.39, 0.29) is 17.8 Å². The van der Waals surface area contributed by atoms with Gasteiger partial charge in [0.25, 0.3) is 0 Å². The molecule has 1 atom stereocenters. The van der Waals surface area contributed by atoms with E-state index in [1.54, 1.807) is 6.07 Å². The fraction of sp³-hybridized carbons (Fsp3) is 0.333. The summed E-state index contributed by atoms with van der Waals surface area (Å²) in [6, 6.07) is 13.2. The summed E-state index contributed by atoms with van der Waals surface area (Å²) in [7, 11) is 0. The predicted octanol–water partition coefficient (Wildman–Crippen LogP) is 3.45. The monoisotopic (exact) mass is 270 g/mol. The maximum absolute atomic E-state index is 13.1. The molecule has 0 aliphatic heterocycles. The summed E-state index contributed by atoms with van der Waals surface area (Å²) in [5, 5.41) is 10.5. The lowest BCUT2D eigenvalue weighted by molar-refractivity contribution is 0.112. The molecule has 0 bridgehead atoms. The molecule has 104 valence electrons. The van der Waals surface area contributed by atoms with Crippen LogP contribution in [-0.2, 0) is 19.3 Å². The second-order valence-corrected chi connectivity index (χ2v) is 5.78. The van der Waals surface area contributed by atoms with E-state index in [1.807, 2.05) is 6.92 Å². The first kappa shape index (κ1) is 13.3. The average Bonchev–Trinajstić information content (AvgIpc) is 2.86. The highest BCUT2D eigenvalue weighted by Gasteiger charge is 2.27. The summed E-state index contributed by atoms with van der Waals surface area (Å²) in [5.41, 5.74) is 4.66. The first-order chi connectivity index (χ1) is 9.63. The highest BCUT2D eigenvalue weighted by molar-refractivity contribution is 5.33. The second-order valence-electron chi connectivity index (χ2n) is 5.78. The van der Waals surface area contributed by atoms with Crippen molar-refractivity contribution in [2.45, 2.75) is 32.3 Å². The van der Waals surface area contributed by atoms with E-state index in [2.05, 4.69) is 24.3 Å². The highest BCUT2D eigenvalue weighted by Crippen LogP contribution is 2.30. The van der Waals surface area contributed by atoms with Gasteiger partial charge in [0.2, 0.25) is 0 Å². The maximum Gasteiger partial charge on any atom is 0.123 e. The summed E-state index contributed by atoms with van der Waals surface area (Å²) in [6.45, 7) is 1.90. The van der Waals surface area contributed by atoms with Gasteiger partial charge in [0.1, 0.15) is 5.82 Å². The predicted molar refractivity (Wildman–Crippen MR) is 78.2 cm³/mol. The normalized spacial score (nSPS) is 16.1. The molecule has 2 aromatic rings. The Kier molecular flexibility index (Phi) is 3.58. The van der Waals surface area contributed by atoms with Gasteiger partial charge in [-0.15, -0.1) is 0 Å². The molecule has 2 heteroatoms. The number of hydrogen-bond donors (Lipinski definition) is 1. The molecule has 0 radical (unpaired) electrons. The Morgan fingerprint density at radius 1 is 1.15 bits per heavy atom. The molecule has 0 spiro atoms. The van der Waals surface area contributed by atoms with Crippen molar-refractivity contribution < 1.29 is 9.50 Å². The second kappa shape index (κ2) is 5.37. The van der Waals surface area contributed by atoms with Gasteiger partial charge >= 0.3 is 0 Å². The zero-order valence-corrected chi connectivity index (χ0v) is 11.6. The minimum absolute atomic E-state index is 0.214.